The van der Waals surface area contributed by atoms with E-state index in [0.717, 1.165) is 16.9 Å². The number of amides is 1. The van der Waals surface area contributed by atoms with Crippen molar-refractivity contribution in [1.82, 2.24) is 5.43 Å². The molecule has 0 aliphatic rings. The fraction of sp³-hybridized carbons (Fsp3) is 0.259. The molecule has 0 aromatic heterocycles. The largest absolute Gasteiger partial charge is 0.490 e. The maximum Gasteiger partial charge on any atom is 0.250 e. The SMILES string of the molecule is CCOc1cc(/C=N\NC(=O)CSCc2cc(C)cc(C)c2)ccc1OCc1ccccc1. The summed E-state index contributed by atoms with van der Waals surface area (Å²) in [5, 5.41) is 4.09. The van der Waals surface area contributed by atoms with Gasteiger partial charge in [0.25, 0.3) is 0 Å². The third-order valence-electron chi connectivity index (χ3n) is 4.69. The van der Waals surface area contributed by atoms with Crippen LogP contribution in [-0.4, -0.2) is 24.5 Å². The Bertz CT molecular complexity index is 1060. The lowest BCUT2D eigenvalue weighted by molar-refractivity contribution is -0.118. The summed E-state index contributed by atoms with van der Waals surface area (Å²) in [5.41, 5.74) is 8.20. The fourth-order valence-corrected chi connectivity index (χ4v) is 4.11. The molecule has 0 aliphatic heterocycles. The molecule has 6 heteroatoms. The number of carbonyl (C=O) groups excluding carboxylic acids is 1. The van der Waals surface area contributed by atoms with Crippen molar-refractivity contribution in [2.75, 3.05) is 12.4 Å². The van der Waals surface area contributed by atoms with Crippen molar-refractivity contribution in [3.8, 4) is 11.5 Å². The molecule has 0 bridgehead atoms. The minimum atomic E-state index is -0.131. The average Bonchev–Trinajstić information content (AvgIpc) is 2.79. The van der Waals surface area contributed by atoms with Crippen LogP contribution in [0.4, 0.5) is 0 Å². The first-order valence-electron chi connectivity index (χ1n) is 10.9. The lowest BCUT2D eigenvalue weighted by Crippen LogP contribution is -2.19. The predicted octanol–water partition coefficient (Wildman–Crippen LogP) is 5.66. The first-order chi connectivity index (χ1) is 16.0. The predicted molar refractivity (Wildman–Crippen MR) is 136 cm³/mol. The molecular weight excluding hydrogens is 432 g/mol. The number of nitrogens with zero attached hydrogens (tertiary/aromatic N) is 1. The minimum Gasteiger partial charge on any atom is -0.490 e. The molecule has 1 N–H and O–H groups in total. The Balaban J connectivity index is 1.49. The van der Waals surface area contributed by atoms with Crippen molar-refractivity contribution in [3.63, 3.8) is 0 Å². The standard InChI is InChI=1S/C27H30N2O3S/c1-4-31-26-15-23(10-11-25(26)32-17-22-8-6-5-7-9-22)16-28-29-27(30)19-33-18-24-13-20(2)12-21(3)14-24/h5-16H,4,17-19H2,1-3H3,(H,29,30)/b28-16-. The van der Waals surface area contributed by atoms with Gasteiger partial charge in [0, 0.05) is 5.75 Å². The molecule has 0 heterocycles. The maximum atomic E-state index is 12.1. The molecular formula is C27H30N2O3S. The topological polar surface area (TPSA) is 59.9 Å². The van der Waals surface area contributed by atoms with Crippen LogP contribution in [0.5, 0.6) is 11.5 Å². The van der Waals surface area contributed by atoms with E-state index >= 15 is 0 Å². The number of hydrogen-bond donors (Lipinski definition) is 1. The van der Waals surface area contributed by atoms with E-state index in [1.165, 1.54) is 16.7 Å². The summed E-state index contributed by atoms with van der Waals surface area (Å²) in [6.07, 6.45) is 1.61. The van der Waals surface area contributed by atoms with Gasteiger partial charge in [-0.25, -0.2) is 5.43 Å². The van der Waals surface area contributed by atoms with Crippen molar-refractivity contribution in [1.29, 1.82) is 0 Å². The number of thioether (sulfide) groups is 1. The summed E-state index contributed by atoms with van der Waals surface area (Å²) in [6, 6.07) is 22.0. The highest BCUT2D eigenvalue weighted by Gasteiger charge is 2.07. The smallest absolute Gasteiger partial charge is 0.250 e. The molecule has 33 heavy (non-hydrogen) atoms. The molecule has 5 nitrogen and oxygen atoms in total. The monoisotopic (exact) mass is 462 g/mol. The number of benzene rings is 3. The molecule has 0 unspecified atom stereocenters. The highest BCUT2D eigenvalue weighted by Crippen LogP contribution is 2.29. The summed E-state index contributed by atoms with van der Waals surface area (Å²) in [4.78, 5) is 12.1. The van der Waals surface area contributed by atoms with E-state index in [2.05, 4.69) is 42.6 Å². The molecule has 3 aromatic rings. The zero-order valence-electron chi connectivity index (χ0n) is 19.3. The second kappa shape index (κ2) is 12.7. The van der Waals surface area contributed by atoms with E-state index in [-0.39, 0.29) is 5.91 Å². The normalized spacial score (nSPS) is 10.9. The zero-order chi connectivity index (χ0) is 23.5. The van der Waals surface area contributed by atoms with Crippen LogP contribution in [0, 0.1) is 13.8 Å². The van der Waals surface area contributed by atoms with E-state index in [1.807, 2.05) is 55.5 Å². The van der Waals surface area contributed by atoms with Gasteiger partial charge in [0.15, 0.2) is 11.5 Å². The summed E-state index contributed by atoms with van der Waals surface area (Å²) in [7, 11) is 0. The summed E-state index contributed by atoms with van der Waals surface area (Å²) in [5.74, 6) is 2.33. The summed E-state index contributed by atoms with van der Waals surface area (Å²) >= 11 is 1.57. The van der Waals surface area contributed by atoms with Crippen LogP contribution < -0.4 is 14.9 Å². The van der Waals surface area contributed by atoms with Crippen molar-refractivity contribution in [2.24, 2.45) is 5.10 Å². The Morgan fingerprint density at radius 2 is 1.70 bits per heavy atom. The van der Waals surface area contributed by atoms with E-state index in [4.69, 9.17) is 9.47 Å². The van der Waals surface area contributed by atoms with Crippen LogP contribution in [0.1, 0.15) is 34.7 Å². The van der Waals surface area contributed by atoms with Crippen molar-refractivity contribution >= 4 is 23.9 Å². The third kappa shape index (κ3) is 8.31. The molecule has 0 fully saturated rings. The number of hydrazone groups is 1. The second-order valence-electron chi connectivity index (χ2n) is 7.70. The summed E-state index contributed by atoms with van der Waals surface area (Å²) in [6.45, 7) is 7.08. The van der Waals surface area contributed by atoms with Crippen LogP contribution >= 0.6 is 11.8 Å². The second-order valence-corrected chi connectivity index (χ2v) is 8.68. The first kappa shape index (κ1) is 24.4. The van der Waals surface area contributed by atoms with E-state index < -0.39 is 0 Å². The Morgan fingerprint density at radius 3 is 2.42 bits per heavy atom. The molecule has 0 saturated heterocycles. The number of rotatable bonds is 11. The lowest BCUT2D eigenvalue weighted by atomic mass is 10.1. The number of hydrogen-bond acceptors (Lipinski definition) is 5. The van der Waals surface area contributed by atoms with Gasteiger partial charge in [-0.2, -0.15) is 5.10 Å². The van der Waals surface area contributed by atoms with Crippen LogP contribution in [0.25, 0.3) is 0 Å². The molecule has 172 valence electrons. The Kier molecular flexibility index (Phi) is 9.39. The first-order valence-corrected chi connectivity index (χ1v) is 12.1. The third-order valence-corrected chi connectivity index (χ3v) is 5.69. The number of aryl methyl sites for hydroxylation is 2. The van der Waals surface area contributed by atoms with Crippen LogP contribution in [0.15, 0.2) is 71.8 Å². The maximum absolute atomic E-state index is 12.1. The highest BCUT2D eigenvalue weighted by molar-refractivity contribution is 7.99. The highest BCUT2D eigenvalue weighted by atomic mass is 32.2. The zero-order valence-corrected chi connectivity index (χ0v) is 20.2. The Hall–Kier alpha value is -3.25. The quantitative estimate of drug-likeness (QED) is 0.295. The fourth-order valence-electron chi connectivity index (χ4n) is 3.35. The number of ether oxygens (including phenoxy) is 2. The molecule has 0 atom stereocenters. The van der Waals surface area contributed by atoms with E-state index in [1.54, 1.807) is 18.0 Å². The summed E-state index contributed by atoms with van der Waals surface area (Å²) < 4.78 is 11.7. The molecule has 0 radical (unpaired) electrons. The van der Waals surface area contributed by atoms with E-state index in [0.29, 0.717) is 30.5 Å². The van der Waals surface area contributed by atoms with Gasteiger partial charge in [-0.3, -0.25) is 4.79 Å². The van der Waals surface area contributed by atoms with Crippen LogP contribution in [0.2, 0.25) is 0 Å². The van der Waals surface area contributed by atoms with Gasteiger partial charge in [-0.15, -0.1) is 11.8 Å². The van der Waals surface area contributed by atoms with Crippen molar-refractivity contribution in [2.45, 2.75) is 33.1 Å². The van der Waals surface area contributed by atoms with Crippen LogP contribution in [0.3, 0.4) is 0 Å². The molecule has 3 aromatic carbocycles. The number of carbonyl (C=O) groups is 1. The average molecular weight is 463 g/mol. The van der Waals surface area contributed by atoms with Gasteiger partial charge in [0.05, 0.1) is 18.6 Å². The molecule has 0 aliphatic carbocycles. The van der Waals surface area contributed by atoms with Crippen molar-refractivity contribution < 1.29 is 14.3 Å². The lowest BCUT2D eigenvalue weighted by Gasteiger charge is -2.12. The Labute approximate surface area is 200 Å². The minimum absolute atomic E-state index is 0.131. The van der Waals surface area contributed by atoms with E-state index in [9.17, 15) is 4.79 Å². The van der Waals surface area contributed by atoms with Gasteiger partial charge >= 0.3 is 0 Å². The van der Waals surface area contributed by atoms with Crippen LogP contribution in [-0.2, 0) is 17.2 Å². The number of nitrogens with one attached hydrogen (secondary N) is 1. The molecule has 0 spiro atoms. The Morgan fingerprint density at radius 1 is 0.939 bits per heavy atom. The molecule has 0 saturated carbocycles. The van der Waals surface area contributed by atoms with Gasteiger partial charge in [0.1, 0.15) is 6.61 Å². The molecule has 1 amide bonds. The van der Waals surface area contributed by atoms with Crippen molar-refractivity contribution in [3.05, 3.63) is 94.5 Å². The van der Waals surface area contributed by atoms with Gasteiger partial charge in [-0.05, 0) is 55.7 Å². The van der Waals surface area contributed by atoms with Gasteiger partial charge in [-0.1, -0.05) is 59.7 Å². The van der Waals surface area contributed by atoms with Gasteiger partial charge in [0.2, 0.25) is 5.91 Å². The van der Waals surface area contributed by atoms with Gasteiger partial charge < -0.3 is 9.47 Å². The molecule has 3 rings (SSSR count).